The molecule has 8 heteroatoms. The van der Waals surface area contributed by atoms with Gasteiger partial charge in [0.15, 0.2) is 0 Å². The van der Waals surface area contributed by atoms with Crippen LogP contribution in [0.1, 0.15) is 11.3 Å². The molecule has 3 rings (SSSR count). The zero-order chi connectivity index (χ0) is 15.5. The molecule has 1 aromatic heterocycles. The predicted octanol–water partition coefficient (Wildman–Crippen LogP) is 4.86. The fraction of sp³-hybridized carbons (Fsp3) is 0.385. The molecular formula is C13H15F5N2S. The molecule has 0 radical (unpaired) electrons. The molecule has 2 aromatic rings. The van der Waals surface area contributed by atoms with E-state index in [0.29, 0.717) is 30.4 Å². The highest BCUT2D eigenvalue weighted by Gasteiger charge is 2.65. The minimum atomic E-state index is -9.62. The first kappa shape index (κ1) is 14.6. The number of hydrogen-bond acceptors (Lipinski definition) is 1. The van der Waals surface area contributed by atoms with Gasteiger partial charge in [-0.05, 0) is 31.2 Å². The van der Waals surface area contributed by atoms with Gasteiger partial charge < -0.3 is 9.88 Å². The molecule has 0 unspecified atom stereocenters. The Morgan fingerprint density at radius 3 is 2.38 bits per heavy atom. The lowest BCUT2D eigenvalue weighted by molar-refractivity contribution is 0.352. The molecule has 0 amide bonds. The first-order valence-corrected chi connectivity index (χ1v) is 8.45. The van der Waals surface area contributed by atoms with Crippen LogP contribution in [0, 0.1) is 0 Å². The molecule has 0 spiro atoms. The van der Waals surface area contributed by atoms with Crippen molar-refractivity contribution in [1.29, 1.82) is 0 Å². The Kier molecular flexibility index (Phi) is 2.60. The summed E-state index contributed by atoms with van der Waals surface area (Å²) in [4.78, 5) is 3.17. The number of likely N-dealkylation sites (N-methyl/N-ethyl adjacent to an activating group) is 1. The first-order valence-electron chi connectivity index (χ1n) is 6.50. The molecular weight excluding hydrogens is 311 g/mol. The van der Waals surface area contributed by atoms with Crippen LogP contribution in [-0.4, -0.2) is 30.0 Å². The highest BCUT2D eigenvalue weighted by atomic mass is 32.5. The molecule has 118 valence electrons. The number of aromatic amines is 1. The molecule has 21 heavy (non-hydrogen) atoms. The van der Waals surface area contributed by atoms with Crippen LogP contribution in [0.4, 0.5) is 19.4 Å². The van der Waals surface area contributed by atoms with Crippen LogP contribution in [-0.2, 0) is 12.8 Å². The SMILES string of the molecule is CN1CCc2[nH]c3cc(S(F)(F)(F)(F)F)ccc3c2CC1. The van der Waals surface area contributed by atoms with Gasteiger partial charge in [-0.1, -0.05) is 25.5 Å². The van der Waals surface area contributed by atoms with E-state index >= 15 is 0 Å². The summed E-state index contributed by atoms with van der Waals surface area (Å²) in [7, 11) is -7.65. The van der Waals surface area contributed by atoms with Crippen LogP contribution in [0.3, 0.4) is 0 Å². The summed E-state index contributed by atoms with van der Waals surface area (Å²) in [5.41, 5.74) is 1.91. The molecule has 0 aliphatic carbocycles. The number of nitrogens with zero attached hydrogens (tertiary/aromatic N) is 1. The van der Waals surface area contributed by atoms with Gasteiger partial charge in [-0.3, -0.25) is 0 Å². The zero-order valence-corrected chi connectivity index (χ0v) is 12.1. The largest absolute Gasteiger partial charge is 0.358 e. The summed E-state index contributed by atoms with van der Waals surface area (Å²) in [5.74, 6) is 0. The Morgan fingerprint density at radius 1 is 1.05 bits per heavy atom. The van der Waals surface area contributed by atoms with Gasteiger partial charge in [-0.15, -0.1) is 0 Å². The molecule has 1 N–H and O–H groups in total. The molecule has 1 aromatic carbocycles. The van der Waals surface area contributed by atoms with E-state index in [2.05, 4.69) is 9.88 Å². The zero-order valence-electron chi connectivity index (χ0n) is 11.3. The summed E-state index contributed by atoms with van der Waals surface area (Å²) in [5, 5.41) is 0.603. The van der Waals surface area contributed by atoms with Crippen molar-refractivity contribution in [3.63, 3.8) is 0 Å². The van der Waals surface area contributed by atoms with E-state index in [-0.39, 0.29) is 5.52 Å². The van der Waals surface area contributed by atoms with E-state index in [4.69, 9.17) is 0 Å². The lowest BCUT2D eigenvalue weighted by atomic mass is 10.1. The van der Waals surface area contributed by atoms with Crippen LogP contribution >= 0.6 is 10.2 Å². The number of fused-ring (bicyclic) bond motifs is 3. The van der Waals surface area contributed by atoms with E-state index in [1.165, 1.54) is 0 Å². The number of aromatic nitrogens is 1. The predicted molar refractivity (Wildman–Crippen MR) is 74.6 cm³/mol. The average molecular weight is 326 g/mol. The fourth-order valence-electron chi connectivity index (χ4n) is 2.75. The smallest absolute Gasteiger partial charge is 0.310 e. The minimum absolute atomic E-state index is 0.135. The summed E-state index contributed by atoms with van der Waals surface area (Å²) in [6.45, 7) is 1.58. The van der Waals surface area contributed by atoms with Crippen molar-refractivity contribution in [2.45, 2.75) is 17.7 Å². The van der Waals surface area contributed by atoms with Crippen LogP contribution in [0.25, 0.3) is 10.9 Å². The molecule has 1 aliphatic rings. The second kappa shape index (κ2) is 3.73. The first-order chi connectivity index (χ1) is 9.44. The molecule has 0 saturated heterocycles. The van der Waals surface area contributed by atoms with Crippen LogP contribution in [0.5, 0.6) is 0 Å². The van der Waals surface area contributed by atoms with Gasteiger partial charge in [0.1, 0.15) is 4.90 Å². The molecule has 2 nitrogen and oxygen atoms in total. The van der Waals surface area contributed by atoms with E-state index < -0.39 is 15.1 Å². The Bertz CT molecular complexity index is 720. The molecule has 2 heterocycles. The maximum Gasteiger partial charge on any atom is 0.310 e. The third-order valence-corrected chi connectivity index (χ3v) is 5.04. The van der Waals surface area contributed by atoms with Gasteiger partial charge in [0, 0.05) is 36.1 Å². The van der Waals surface area contributed by atoms with Gasteiger partial charge >= 0.3 is 10.2 Å². The second-order valence-corrected chi connectivity index (χ2v) is 7.97. The van der Waals surface area contributed by atoms with Gasteiger partial charge in [0.25, 0.3) is 0 Å². The Labute approximate surface area is 118 Å². The number of benzene rings is 1. The maximum absolute atomic E-state index is 12.9. The van der Waals surface area contributed by atoms with E-state index in [1.54, 1.807) is 0 Å². The van der Waals surface area contributed by atoms with Crippen molar-refractivity contribution in [1.82, 2.24) is 9.88 Å². The summed E-state index contributed by atoms with van der Waals surface area (Å²) >= 11 is 0. The van der Waals surface area contributed by atoms with Crippen molar-refractivity contribution < 1.29 is 19.4 Å². The van der Waals surface area contributed by atoms with Crippen molar-refractivity contribution >= 4 is 21.1 Å². The number of H-pyrrole nitrogens is 1. The third-order valence-electron chi connectivity index (χ3n) is 3.90. The van der Waals surface area contributed by atoms with Gasteiger partial charge in [0.2, 0.25) is 0 Å². The van der Waals surface area contributed by atoms with E-state index in [1.807, 2.05) is 7.05 Å². The Hall–Kier alpha value is -1.28. The number of hydrogen-bond donors (Lipinski definition) is 1. The topological polar surface area (TPSA) is 19.0 Å². The molecule has 0 fully saturated rings. The van der Waals surface area contributed by atoms with Crippen LogP contribution in [0.15, 0.2) is 23.1 Å². The lowest BCUT2D eigenvalue weighted by Crippen LogP contribution is -2.21. The Morgan fingerprint density at radius 2 is 1.71 bits per heavy atom. The van der Waals surface area contributed by atoms with Crippen molar-refractivity contribution in [3.8, 4) is 0 Å². The summed E-state index contributed by atoms with van der Waals surface area (Å²) < 4.78 is 64.3. The molecule has 0 bridgehead atoms. The van der Waals surface area contributed by atoms with Crippen molar-refractivity contribution in [2.75, 3.05) is 20.1 Å². The third kappa shape index (κ3) is 2.74. The number of rotatable bonds is 1. The number of halogens is 5. The van der Waals surface area contributed by atoms with E-state index in [9.17, 15) is 19.4 Å². The van der Waals surface area contributed by atoms with Crippen LogP contribution in [0.2, 0.25) is 0 Å². The molecule has 1 aliphatic heterocycles. The van der Waals surface area contributed by atoms with Crippen molar-refractivity contribution in [3.05, 3.63) is 29.5 Å². The van der Waals surface area contributed by atoms with E-state index in [0.717, 1.165) is 30.4 Å². The summed E-state index contributed by atoms with van der Waals surface area (Å²) in [6, 6.07) is 2.19. The standard InChI is InChI=1S/C13H15F5N2S/c1-20-6-4-11-10-3-2-9(21(14,15,16,17)18)8-13(10)19-12(11)5-7-20/h2-3,8,19H,4-7H2,1H3. The normalized spacial score (nSPS) is 20.7. The van der Waals surface area contributed by atoms with Gasteiger partial charge in [-0.2, -0.15) is 0 Å². The number of nitrogens with one attached hydrogen (secondary N) is 1. The van der Waals surface area contributed by atoms with Crippen molar-refractivity contribution in [2.24, 2.45) is 0 Å². The van der Waals surface area contributed by atoms with Gasteiger partial charge in [0.05, 0.1) is 0 Å². The monoisotopic (exact) mass is 326 g/mol. The molecule has 0 atom stereocenters. The highest BCUT2D eigenvalue weighted by molar-refractivity contribution is 8.45. The lowest BCUT2D eigenvalue weighted by Gasteiger charge is -2.40. The quantitative estimate of drug-likeness (QED) is 0.742. The maximum atomic E-state index is 12.9. The fourth-order valence-corrected chi connectivity index (χ4v) is 3.41. The highest BCUT2D eigenvalue weighted by Crippen LogP contribution is 3.02. The average Bonchev–Trinajstić information content (AvgIpc) is 2.58. The van der Waals surface area contributed by atoms with Gasteiger partial charge in [-0.25, -0.2) is 0 Å². The Balaban J connectivity index is 2.15. The second-order valence-electron chi connectivity index (χ2n) is 5.56. The minimum Gasteiger partial charge on any atom is -0.358 e. The summed E-state index contributed by atoms with van der Waals surface area (Å²) in [6.07, 6.45) is 1.37. The van der Waals surface area contributed by atoms with Crippen LogP contribution < -0.4 is 0 Å². The molecule has 0 saturated carbocycles.